The van der Waals surface area contributed by atoms with Crippen molar-refractivity contribution < 1.29 is 9.13 Å². The van der Waals surface area contributed by atoms with E-state index in [1.165, 1.54) is 5.69 Å². The van der Waals surface area contributed by atoms with Crippen LogP contribution in [0.2, 0.25) is 0 Å². The Bertz CT molecular complexity index is 1120. The predicted octanol–water partition coefficient (Wildman–Crippen LogP) is 4.57. The molecule has 6 heteroatoms. The van der Waals surface area contributed by atoms with Crippen LogP contribution in [0.1, 0.15) is 11.1 Å². The van der Waals surface area contributed by atoms with Gasteiger partial charge in [-0.1, -0.05) is 24.3 Å². The summed E-state index contributed by atoms with van der Waals surface area (Å²) in [6.07, 6.45) is 7.40. The molecule has 5 nitrogen and oxygen atoms in total. The number of ether oxygens (including phenoxy) is 1. The van der Waals surface area contributed by atoms with Crippen molar-refractivity contribution in [1.29, 1.82) is 0 Å². The molecule has 0 amide bonds. The van der Waals surface area contributed by atoms with Gasteiger partial charge < -0.3 is 14.5 Å². The summed E-state index contributed by atoms with van der Waals surface area (Å²) in [5.41, 5.74) is 4.91. The number of piperazine rings is 1. The molecular formula is C26H25FN4O. The van der Waals surface area contributed by atoms with Gasteiger partial charge >= 0.3 is 0 Å². The number of hydrogen-bond acceptors (Lipinski definition) is 5. The number of aromatic nitrogens is 1. The highest BCUT2D eigenvalue weighted by atomic mass is 19.1. The molecule has 0 unspecified atom stereocenters. The number of pyridine rings is 1. The minimum absolute atomic E-state index is 0.248. The number of anilines is 1. The lowest BCUT2D eigenvalue weighted by Crippen LogP contribution is -2.48. The van der Waals surface area contributed by atoms with Crippen LogP contribution in [0.5, 0.6) is 0 Å². The maximum atomic E-state index is 14.2. The summed E-state index contributed by atoms with van der Waals surface area (Å²) in [7, 11) is 0. The molecule has 5 rings (SSSR count). The van der Waals surface area contributed by atoms with Crippen LogP contribution in [0.3, 0.4) is 0 Å². The molecule has 0 N–H and O–H groups in total. The second kappa shape index (κ2) is 9.22. The van der Waals surface area contributed by atoms with E-state index in [1.54, 1.807) is 24.5 Å². The third-order valence-electron chi connectivity index (χ3n) is 5.78. The Morgan fingerprint density at radius 1 is 0.781 bits per heavy atom. The molecule has 32 heavy (non-hydrogen) atoms. The van der Waals surface area contributed by atoms with Gasteiger partial charge in [0.2, 0.25) is 0 Å². The average molecular weight is 429 g/mol. The molecule has 1 fully saturated rings. The molecule has 0 spiro atoms. The van der Waals surface area contributed by atoms with E-state index in [4.69, 9.17) is 4.74 Å². The van der Waals surface area contributed by atoms with Crippen molar-refractivity contribution in [1.82, 2.24) is 9.88 Å². The van der Waals surface area contributed by atoms with Gasteiger partial charge in [0.1, 0.15) is 12.4 Å². The number of nitrogens with zero attached hydrogens (tertiary/aromatic N) is 4. The van der Waals surface area contributed by atoms with Gasteiger partial charge in [0.25, 0.3) is 6.02 Å². The van der Waals surface area contributed by atoms with E-state index in [-0.39, 0.29) is 5.82 Å². The quantitative estimate of drug-likeness (QED) is 0.571. The van der Waals surface area contributed by atoms with Crippen molar-refractivity contribution in [3.8, 4) is 11.1 Å². The molecule has 2 aromatic carbocycles. The van der Waals surface area contributed by atoms with Gasteiger partial charge in [-0.3, -0.25) is 4.98 Å². The summed E-state index contributed by atoms with van der Waals surface area (Å²) in [6, 6.07) is 18.1. The summed E-state index contributed by atoms with van der Waals surface area (Å²) < 4.78 is 19.7. The molecule has 0 bridgehead atoms. The zero-order valence-electron chi connectivity index (χ0n) is 17.8. The van der Waals surface area contributed by atoms with Crippen LogP contribution in [0.15, 0.2) is 72.0 Å². The zero-order valence-corrected chi connectivity index (χ0v) is 17.8. The van der Waals surface area contributed by atoms with Gasteiger partial charge in [-0.2, -0.15) is 0 Å². The van der Waals surface area contributed by atoms with E-state index >= 15 is 0 Å². The lowest BCUT2D eigenvalue weighted by atomic mass is 10.0. The Morgan fingerprint density at radius 3 is 2.22 bits per heavy atom. The SMILES string of the molecule is Fc1cc(C=Cc2ccc(N3CCN(C4=NCCO4)CC3)cc2)cc(-c2ccncc2)c1. The normalized spacial score (nSPS) is 16.3. The molecule has 1 saturated heterocycles. The molecule has 3 aromatic rings. The number of rotatable bonds is 4. The Labute approximate surface area is 187 Å². The van der Waals surface area contributed by atoms with Crippen LogP contribution in [0.25, 0.3) is 23.3 Å². The summed E-state index contributed by atoms with van der Waals surface area (Å²) in [5.74, 6) is -0.248. The lowest BCUT2D eigenvalue weighted by Gasteiger charge is -2.36. The summed E-state index contributed by atoms with van der Waals surface area (Å²) in [4.78, 5) is 13.0. The van der Waals surface area contributed by atoms with Crippen LogP contribution in [0.4, 0.5) is 10.1 Å². The number of halogens is 1. The van der Waals surface area contributed by atoms with Gasteiger partial charge in [0.15, 0.2) is 0 Å². The van der Waals surface area contributed by atoms with Crippen LogP contribution in [-0.4, -0.2) is 55.2 Å². The number of amidine groups is 1. The average Bonchev–Trinajstić information content (AvgIpc) is 3.39. The monoisotopic (exact) mass is 428 g/mol. The molecule has 0 radical (unpaired) electrons. The van der Waals surface area contributed by atoms with Crippen LogP contribution >= 0.6 is 0 Å². The number of aliphatic imine (C=N–C) groups is 1. The van der Waals surface area contributed by atoms with Crippen LogP contribution in [-0.2, 0) is 4.74 Å². The van der Waals surface area contributed by atoms with E-state index in [1.807, 2.05) is 30.4 Å². The van der Waals surface area contributed by atoms with Gasteiger partial charge in [-0.25, -0.2) is 9.38 Å². The minimum Gasteiger partial charge on any atom is -0.463 e. The van der Waals surface area contributed by atoms with Gasteiger partial charge in [0.05, 0.1) is 6.54 Å². The molecule has 3 heterocycles. The molecule has 0 atom stereocenters. The van der Waals surface area contributed by atoms with E-state index < -0.39 is 0 Å². The first kappa shape index (κ1) is 20.2. The van der Waals surface area contributed by atoms with Crippen molar-refractivity contribution >= 4 is 23.9 Å². The van der Waals surface area contributed by atoms with Crippen molar-refractivity contribution in [2.24, 2.45) is 4.99 Å². The van der Waals surface area contributed by atoms with Gasteiger partial charge in [0, 0.05) is 44.3 Å². The van der Waals surface area contributed by atoms with E-state index in [0.29, 0.717) is 6.61 Å². The minimum atomic E-state index is -0.248. The van der Waals surface area contributed by atoms with Crippen molar-refractivity contribution in [3.63, 3.8) is 0 Å². The fourth-order valence-corrected chi connectivity index (χ4v) is 4.08. The second-order valence-electron chi connectivity index (χ2n) is 7.92. The summed E-state index contributed by atoms with van der Waals surface area (Å²) >= 11 is 0. The largest absolute Gasteiger partial charge is 0.463 e. The standard InChI is InChI=1S/C26H25FN4O/c27-24-18-21(17-23(19-24)22-7-9-28-10-8-22)2-1-20-3-5-25(6-4-20)30-12-14-31(15-13-30)26-29-11-16-32-26/h1-10,17-19H,11-16H2. The Kier molecular flexibility index (Phi) is 5.83. The second-order valence-corrected chi connectivity index (χ2v) is 7.92. The van der Waals surface area contributed by atoms with E-state index in [9.17, 15) is 4.39 Å². The first-order chi connectivity index (χ1) is 15.7. The Balaban J connectivity index is 1.24. The molecule has 162 valence electrons. The summed E-state index contributed by atoms with van der Waals surface area (Å²) in [6.45, 7) is 5.19. The van der Waals surface area contributed by atoms with Crippen molar-refractivity contribution in [2.45, 2.75) is 0 Å². The Hall–Kier alpha value is -3.67. The molecule has 2 aliphatic heterocycles. The smallest absolute Gasteiger partial charge is 0.287 e. The topological polar surface area (TPSA) is 41.0 Å². The first-order valence-corrected chi connectivity index (χ1v) is 10.9. The molecule has 0 aliphatic carbocycles. The zero-order chi connectivity index (χ0) is 21.8. The lowest BCUT2D eigenvalue weighted by molar-refractivity contribution is 0.255. The van der Waals surface area contributed by atoms with Crippen LogP contribution in [0, 0.1) is 5.82 Å². The maximum Gasteiger partial charge on any atom is 0.287 e. The predicted molar refractivity (Wildman–Crippen MR) is 127 cm³/mol. The highest BCUT2D eigenvalue weighted by Gasteiger charge is 2.22. The highest BCUT2D eigenvalue weighted by Crippen LogP contribution is 2.23. The van der Waals surface area contributed by atoms with Gasteiger partial charge in [-0.05, 0) is 64.7 Å². The third kappa shape index (κ3) is 4.64. The highest BCUT2D eigenvalue weighted by molar-refractivity contribution is 5.76. The van der Waals surface area contributed by atoms with Gasteiger partial charge in [-0.15, -0.1) is 0 Å². The van der Waals surface area contributed by atoms with Crippen molar-refractivity contribution in [2.75, 3.05) is 44.2 Å². The summed E-state index contributed by atoms with van der Waals surface area (Å²) in [5, 5.41) is 0. The molecule has 0 saturated carbocycles. The first-order valence-electron chi connectivity index (χ1n) is 10.9. The molecule has 2 aliphatic rings. The molecule has 1 aromatic heterocycles. The third-order valence-corrected chi connectivity index (χ3v) is 5.78. The van der Waals surface area contributed by atoms with E-state index in [2.05, 4.69) is 44.0 Å². The van der Waals surface area contributed by atoms with Crippen molar-refractivity contribution in [3.05, 3.63) is 83.9 Å². The Morgan fingerprint density at radius 2 is 1.50 bits per heavy atom. The number of hydrogen-bond donors (Lipinski definition) is 0. The fourth-order valence-electron chi connectivity index (χ4n) is 4.08. The fraction of sp³-hybridized carbons (Fsp3) is 0.231. The van der Waals surface area contributed by atoms with E-state index in [0.717, 1.165) is 61.0 Å². The molecular weight excluding hydrogens is 403 g/mol. The van der Waals surface area contributed by atoms with Crippen LogP contribution < -0.4 is 4.90 Å². The maximum absolute atomic E-state index is 14.2. The number of benzene rings is 2.